The number of amides is 1. The highest BCUT2D eigenvalue weighted by molar-refractivity contribution is 5.91. The van der Waals surface area contributed by atoms with Gasteiger partial charge < -0.3 is 29.6 Å². The van der Waals surface area contributed by atoms with Crippen LogP contribution in [0.15, 0.2) is 24.3 Å². The zero-order valence-corrected chi connectivity index (χ0v) is 17.8. The predicted molar refractivity (Wildman–Crippen MR) is 113 cm³/mol. The van der Waals surface area contributed by atoms with Crippen LogP contribution in [-0.4, -0.2) is 65.2 Å². The van der Waals surface area contributed by atoms with Crippen molar-refractivity contribution in [1.29, 1.82) is 0 Å². The molecule has 0 bridgehead atoms. The van der Waals surface area contributed by atoms with Crippen molar-refractivity contribution in [3.05, 3.63) is 29.8 Å². The smallest absolute Gasteiger partial charge is 0.244 e. The highest BCUT2D eigenvalue weighted by atomic mass is 16.6. The van der Waals surface area contributed by atoms with Crippen LogP contribution < -0.4 is 20.1 Å². The maximum atomic E-state index is 11.9. The van der Waals surface area contributed by atoms with Crippen molar-refractivity contribution < 1.29 is 23.7 Å². The van der Waals surface area contributed by atoms with Gasteiger partial charge in [0.25, 0.3) is 0 Å². The van der Waals surface area contributed by atoms with E-state index in [-0.39, 0.29) is 11.3 Å². The Balaban J connectivity index is 1.47. The van der Waals surface area contributed by atoms with Gasteiger partial charge in [0.1, 0.15) is 13.2 Å². The minimum atomic E-state index is -0.162. The molecular weight excluding hydrogens is 372 g/mol. The van der Waals surface area contributed by atoms with Gasteiger partial charge in [0, 0.05) is 25.7 Å². The zero-order chi connectivity index (χ0) is 21.0. The van der Waals surface area contributed by atoms with Crippen LogP contribution in [-0.2, 0) is 14.3 Å². The van der Waals surface area contributed by atoms with Gasteiger partial charge in [0.2, 0.25) is 5.91 Å². The van der Waals surface area contributed by atoms with Crippen LogP contribution in [0.4, 0.5) is 0 Å². The Morgan fingerprint density at radius 1 is 1.03 bits per heavy atom. The molecule has 1 aromatic carbocycles. The first-order chi connectivity index (χ1) is 13.9. The van der Waals surface area contributed by atoms with Crippen LogP contribution in [0.3, 0.4) is 0 Å². The fourth-order valence-corrected chi connectivity index (χ4v) is 2.57. The highest BCUT2D eigenvalue weighted by Crippen LogP contribution is 2.31. The number of benzene rings is 1. The highest BCUT2D eigenvalue weighted by Gasteiger charge is 2.11. The van der Waals surface area contributed by atoms with Crippen molar-refractivity contribution in [2.24, 2.45) is 5.41 Å². The topological polar surface area (TPSA) is 78.0 Å². The average molecular weight is 407 g/mol. The normalized spacial score (nSPS) is 13.6. The summed E-state index contributed by atoms with van der Waals surface area (Å²) in [5.74, 6) is 1.28. The molecule has 0 unspecified atom stereocenters. The van der Waals surface area contributed by atoms with E-state index in [0.29, 0.717) is 51.9 Å². The molecule has 0 fully saturated rings. The maximum absolute atomic E-state index is 11.9. The van der Waals surface area contributed by atoms with E-state index in [9.17, 15) is 4.79 Å². The Bertz CT molecular complexity index is 655. The van der Waals surface area contributed by atoms with Crippen molar-refractivity contribution in [3.8, 4) is 11.5 Å². The van der Waals surface area contributed by atoms with Gasteiger partial charge in [-0.25, -0.2) is 0 Å². The lowest BCUT2D eigenvalue weighted by molar-refractivity contribution is -0.116. The van der Waals surface area contributed by atoms with E-state index in [1.165, 1.54) is 6.08 Å². The zero-order valence-electron chi connectivity index (χ0n) is 17.8. The van der Waals surface area contributed by atoms with Gasteiger partial charge in [-0.15, -0.1) is 0 Å². The first kappa shape index (κ1) is 23.2. The third-order valence-electron chi connectivity index (χ3n) is 3.99. The van der Waals surface area contributed by atoms with Crippen LogP contribution in [0.25, 0.3) is 6.08 Å². The molecule has 1 aromatic rings. The molecule has 0 atom stereocenters. The number of ether oxygens (including phenoxy) is 4. The average Bonchev–Trinajstić information content (AvgIpc) is 2.69. The molecule has 0 aliphatic carbocycles. The van der Waals surface area contributed by atoms with Crippen molar-refractivity contribution in [2.75, 3.05) is 59.3 Å². The molecule has 7 heteroatoms. The van der Waals surface area contributed by atoms with Gasteiger partial charge in [0.15, 0.2) is 11.5 Å². The number of hydrogen-bond donors (Lipinski definition) is 2. The predicted octanol–water partition coefficient (Wildman–Crippen LogP) is 2.26. The fraction of sp³-hybridized carbons (Fsp3) is 0.591. The van der Waals surface area contributed by atoms with E-state index in [4.69, 9.17) is 18.9 Å². The number of hydrogen-bond acceptors (Lipinski definition) is 6. The van der Waals surface area contributed by atoms with E-state index < -0.39 is 0 Å². The molecule has 7 nitrogen and oxygen atoms in total. The SMILES string of the molecule is CC(C)(C)CNCCOCCOCCNC(=O)/C=C/c1ccc2c(c1)OCCO2. The summed E-state index contributed by atoms with van der Waals surface area (Å²) in [5, 5.41) is 6.15. The van der Waals surface area contributed by atoms with Gasteiger partial charge >= 0.3 is 0 Å². The van der Waals surface area contributed by atoms with E-state index in [1.807, 2.05) is 18.2 Å². The summed E-state index contributed by atoms with van der Waals surface area (Å²) in [5.41, 5.74) is 1.17. The lowest BCUT2D eigenvalue weighted by atomic mass is 9.97. The summed E-state index contributed by atoms with van der Waals surface area (Å²) >= 11 is 0. The van der Waals surface area contributed by atoms with Crippen LogP contribution in [0.5, 0.6) is 11.5 Å². The molecule has 0 saturated heterocycles. The Hall–Kier alpha value is -2.09. The summed E-state index contributed by atoms with van der Waals surface area (Å²) in [4.78, 5) is 11.9. The van der Waals surface area contributed by atoms with Crippen LogP contribution in [0, 0.1) is 5.41 Å². The van der Waals surface area contributed by atoms with Crippen LogP contribution >= 0.6 is 0 Å². The minimum Gasteiger partial charge on any atom is -0.486 e. The number of nitrogens with one attached hydrogen (secondary N) is 2. The Morgan fingerprint density at radius 3 is 2.45 bits per heavy atom. The number of rotatable bonds is 12. The standard InChI is InChI=1S/C22H34N2O5/c1-22(2,3)17-23-8-10-26-12-13-27-11-9-24-21(25)7-5-18-4-6-19-20(16-18)29-15-14-28-19/h4-7,16,23H,8-15,17H2,1-3H3,(H,24,25)/b7-5+. The number of carbonyl (C=O) groups excluding carboxylic acids is 1. The van der Waals surface area contributed by atoms with Crippen molar-refractivity contribution in [2.45, 2.75) is 20.8 Å². The second kappa shape index (κ2) is 12.5. The third kappa shape index (κ3) is 10.3. The van der Waals surface area contributed by atoms with E-state index in [2.05, 4.69) is 31.4 Å². The molecule has 1 amide bonds. The molecule has 0 spiro atoms. The van der Waals surface area contributed by atoms with Gasteiger partial charge in [-0.2, -0.15) is 0 Å². The molecule has 162 valence electrons. The molecule has 1 heterocycles. The van der Waals surface area contributed by atoms with Crippen molar-refractivity contribution in [1.82, 2.24) is 10.6 Å². The van der Waals surface area contributed by atoms with Crippen LogP contribution in [0.1, 0.15) is 26.3 Å². The van der Waals surface area contributed by atoms with Gasteiger partial charge in [-0.05, 0) is 29.2 Å². The quantitative estimate of drug-likeness (QED) is 0.410. The summed E-state index contributed by atoms with van der Waals surface area (Å²) in [6.45, 7) is 12.1. The first-order valence-electron chi connectivity index (χ1n) is 10.2. The van der Waals surface area contributed by atoms with Crippen molar-refractivity contribution >= 4 is 12.0 Å². The molecule has 0 radical (unpaired) electrons. The molecule has 1 aliphatic rings. The molecule has 0 saturated carbocycles. The number of fused-ring (bicyclic) bond motifs is 1. The molecule has 1 aliphatic heterocycles. The van der Waals surface area contributed by atoms with E-state index >= 15 is 0 Å². The first-order valence-corrected chi connectivity index (χ1v) is 10.2. The second-order valence-electron chi connectivity index (χ2n) is 7.99. The Morgan fingerprint density at radius 2 is 1.72 bits per heavy atom. The third-order valence-corrected chi connectivity index (χ3v) is 3.99. The Labute approximate surface area is 173 Å². The monoisotopic (exact) mass is 406 g/mol. The van der Waals surface area contributed by atoms with Crippen LogP contribution in [0.2, 0.25) is 0 Å². The summed E-state index contributed by atoms with van der Waals surface area (Å²) < 4.78 is 22.0. The summed E-state index contributed by atoms with van der Waals surface area (Å²) in [6.07, 6.45) is 3.25. The minimum absolute atomic E-state index is 0.162. The molecule has 0 aromatic heterocycles. The van der Waals surface area contributed by atoms with Crippen molar-refractivity contribution in [3.63, 3.8) is 0 Å². The summed E-state index contributed by atoms with van der Waals surface area (Å²) in [7, 11) is 0. The molecule has 2 rings (SSSR count). The van der Waals surface area contributed by atoms with E-state index in [0.717, 1.165) is 24.4 Å². The summed E-state index contributed by atoms with van der Waals surface area (Å²) in [6, 6.07) is 5.60. The molecule has 2 N–H and O–H groups in total. The number of carbonyl (C=O) groups is 1. The van der Waals surface area contributed by atoms with E-state index in [1.54, 1.807) is 6.08 Å². The molecule has 29 heavy (non-hydrogen) atoms. The van der Waals surface area contributed by atoms with Gasteiger partial charge in [-0.3, -0.25) is 4.79 Å². The lowest BCUT2D eigenvalue weighted by Crippen LogP contribution is -2.30. The van der Waals surface area contributed by atoms with Gasteiger partial charge in [-0.1, -0.05) is 26.8 Å². The molecular formula is C22H34N2O5. The largest absolute Gasteiger partial charge is 0.486 e. The maximum Gasteiger partial charge on any atom is 0.244 e. The Kier molecular flexibility index (Phi) is 9.97. The lowest BCUT2D eigenvalue weighted by Gasteiger charge is -2.18. The second-order valence-corrected chi connectivity index (χ2v) is 7.99. The van der Waals surface area contributed by atoms with Gasteiger partial charge in [0.05, 0.1) is 26.4 Å². The fourth-order valence-electron chi connectivity index (χ4n) is 2.57.